The Morgan fingerprint density at radius 1 is 1.56 bits per heavy atom. The van der Waals surface area contributed by atoms with Crippen LogP contribution in [0.3, 0.4) is 0 Å². The van der Waals surface area contributed by atoms with Crippen LogP contribution in [0.15, 0.2) is 24.5 Å². The van der Waals surface area contributed by atoms with Crippen LogP contribution in [0.4, 0.5) is 0 Å². The number of piperidine rings is 1. The molecule has 0 aromatic carbocycles. The number of hydrogen-bond donors (Lipinski definition) is 1. The SMILES string of the molecule is CCCN(C1CCCNC1)C(C)c1cccnc1. The van der Waals surface area contributed by atoms with Gasteiger partial charge < -0.3 is 5.32 Å². The summed E-state index contributed by atoms with van der Waals surface area (Å²) in [6.45, 7) is 8.05. The quantitative estimate of drug-likeness (QED) is 0.867. The molecule has 100 valence electrons. The summed E-state index contributed by atoms with van der Waals surface area (Å²) in [7, 11) is 0. The molecule has 3 nitrogen and oxygen atoms in total. The molecular weight excluding hydrogens is 222 g/mol. The largest absolute Gasteiger partial charge is 0.315 e. The highest BCUT2D eigenvalue weighted by molar-refractivity contribution is 5.13. The van der Waals surface area contributed by atoms with Gasteiger partial charge in [-0.15, -0.1) is 0 Å². The van der Waals surface area contributed by atoms with Gasteiger partial charge in [-0.3, -0.25) is 9.88 Å². The Balaban J connectivity index is 2.08. The number of rotatable bonds is 5. The molecule has 1 N–H and O–H groups in total. The van der Waals surface area contributed by atoms with E-state index in [9.17, 15) is 0 Å². The van der Waals surface area contributed by atoms with Crippen LogP contribution in [0.25, 0.3) is 0 Å². The summed E-state index contributed by atoms with van der Waals surface area (Å²) >= 11 is 0. The molecular formula is C15H25N3. The fourth-order valence-electron chi connectivity index (χ4n) is 2.88. The van der Waals surface area contributed by atoms with E-state index in [0.29, 0.717) is 12.1 Å². The highest BCUT2D eigenvalue weighted by atomic mass is 15.2. The minimum atomic E-state index is 0.462. The summed E-state index contributed by atoms with van der Waals surface area (Å²) in [6, 6.07) is 5.36. The van der Waals surface area contributed by atoms with Crippen molar-refractivity contribution in [1.82, 2.24) is 15.2 Å². The van der Waals surface area contributed by atoms with Gasteiger partial charge >= 0.3 is 0 Å². The van der Waals surface area contributed by atoms with E-state index in [4.69, 9.17) is 0 Å². The average Bonchev–Trinajstić information content (AvgIpc) is 2.46. The average molecular weight is 247 g/mol. The van der Waals surface area contributed by atoms with E-state index in [1.807, 2.05) is 18.5 Å². The maximum atomic E-state index is 4.25. The van der Waals surface area contributed by atoms with Crippen LogP contribution in [0.1, 0.15) is 44.7 Å². The summed E-state index contributed by atoms with van der Waals surface area (Å²) in [5.41, 5.74) is 1.33. The monoisotopic (exact) mass is 247 g/mol. The van der Waals surface area contributed by atoms with Gasteiger partial charge in [0.05, 0.1) is 0 Å². The summed E-state index contributed by atoms with van der Waals surface area (Å²) in [5.74, 6) is 0. The molecule has 3 heteroatoms. The van der Waals surface area contributed by atoms with Gasteiger partial charge in [0.2, 0.25) is 0 Å². The minimum Gasteiger partial charge on any atom is -0.315 e. The first-order valence-corrected chi connectivity index (χ1v) is 7.19. The second kappa shape index (κ2) is 6.86. The Morgan fingerprint density at radius 2 is 2.44 bits per heavy atom. The molecule has 1 aliphatic rings. The van der Waals surface area contributed by atoms with E-state index >= 15 is 0 Å². The van der Waals surface area contributed by atoms with Crippen molar-refractivity contribution >= 4 is 0 Å². The molecule has 1 fully saturated rings. The molecule has 1 aromatic rings. The van der Waals surface area contributed by atoms with Gasteiger partial charge in [0, 0.05) is 31.0 Å². The molecule has 1 aliphatic heterocycles. The van der Waals surface area contributed by atoms with E-state index in [1.165, 1.54) is 37.9 Å². The van der Waals surface area contributed by atoms with Crippen molar-refractivity contribution in [2.75, 3.05) is 19.6 Å². The van der Waals surface area contributed by atoms with Crippen LogP contribution in [-0.2, 0) is 0 Å². The Labute approximate surface area is 111 Å². The van der Waals surface area contributed by atoms with Gasteiger partial charge in [0.15, 0.2) is 0 Å². The van der Waals surface area contributed by atoms with Crippen molar-refractivity contribution in [3.63, 3.8) is 0 Å². The molecule has 2 heterocycles. The van der Waals surface area contributed by atoms with Crippen molar-refractivity contribution in [2.45, 2.75) is 45.2 Å². The summed E-state index contributed by atoms with van der Waals surface area (Å²) in [6.07, 6.45) is 7.68. The van der Waals surface area contributed by atoms with Crippen LogP contribution in [0.5, 0.6) is 0 Å². The molecule has 0 saturated carbocycles. The smallest absolute Gasteiger partial charge is 0.0338 e. The van der Waals surface area contributed by atoms with Crippen molar-refractivity contribution < 1.29 is 0 Å². The predicted octanol–water partition coefficient (Wildman–Crippen LogP) is 2.61. The molecule has 2 rings (SSSR count). The lowest BCUT2D eigenvalue weighted by molar-refractivity contribution is 0.120. The zero-order valence-electron chi connectivity index (χ0n) is 11.6. The zero-order chi connectivity index (χ0) is 12.8. The van der Waals surface area contributed by atoms with Crippen molar-refractivity contribution in [3.05, 3.63) is 30.1 Å². The zero-order valence-corrected chi connectivity index (χ0v) is 11.6. The van der Waals surface area contributed by atoms with E-state index in [0.717, 1.165) is 6.54 Å². The topological polar surface area (TPSA) is 28.2 Å². The minimum absolute atomic E-state index is 0.462. The number of pyridine rings is 1. The highest BCUT2D eigenvalue weighted by Gasteiger charge is 2.25. The number of nitrogens with one attached hydrogen (secondary N) is 1. The lowest BCUT2D eigenvalue weighted by atomic mass is 10.0. The molecule has 2 unspecified atom stereocenters. The fraction of sp³-hybridized carbons (Fsp3) is 0.667. The third kappa shape index (κ3) is 3.30. The van der Waals surface area contributed by atoms with E-state index in [1.54, 1.807) is 0 Å². The van der Waals surface area contributed by atoms with Crippen molar-refractivity contribution in [1.29, 1.82) is 0 Å². The van der Waals surface area contributed by atoms with Gasteiger partial charge in [0.1, 0.15) is 0 Å². The van der Waals surface area contributed by atoms with Gasteiger partial charge in [-0.05, 0) is 50.9 Å². The van der Waals surface area contributed by atoms with Crippen LogP contribution >= 0.6 is 0 Å². The first-order valence-electron chi connectivity index (χ1n) is 7.19. The number of aromatic nitrogens is 1. The second-order valence-electron chi connectivity index (χ2n) is 5.20. The third-order valence-corrected chi connectivity index (χ3v) is 3.89. The Hall–Kier alpha value is -0.930. The molecule has 0 spiro atoms. The van der Waals surface area contributed by atoms with Crippen LogP contribution in [-0.4, -0.2) is 35.6 Å². The van der Waals surface area contributed by atoms with Crippen molar-refractivity contribution in [3.8, 4) is 0 Å². The fourth-order valence-corrected chi connectivity index (χ4v) is 2.88. The Morgan fingerprint density at radius 3 is 3.06 bits per heavy atom. The lowest BCUT2D eigenvalue weighted by Gasteiger charge is -2.38. The van der Waals surface area contributed by atoms with Gasteiger partial charge in [-0.25, -0.2) is 0 Å². The highest BCUT2D eigenvalue weighted by Crippen LogP contribution is 2.24. The molecule has 0 amide bonds. The van der Waals surface area contributed by atoms with E-state index in [2.05, 4.69) is 35.1 Å². The first kappa shape index (κ1) is 13.5. The molecule has 1 aromatic heterocycles. The predicted molar refractivity (Wildman–Crippen MR) is 75.5 cm³/mol. The summed E-state index contributed by atoms with van der Waals surface area (Å²) in [4.78, 5) is 6.89. The third-order valence-electron chi connectivity index (χ3n) is 3.89. The Kier molecular flexibility index (Phi) is 5.14. The van der Waals surface area contributed by atoms with Gasteiger partial charge in [-0.2, -0.15) is 0 Å². The standard InChI is InChI=1S/C15H25N3/c1-3-10-18(15-7-5-9-17-12-15)13(2)14-6-4-8-16-11-14/h4,6,8,11,13,15,17H,3,5,7,9-10,12H2,1-2H3. The molecule has 1 saturated heterocycles. The van der Waals surface area contributed by atoms with Crippen LogP contribution in [0, 0.1) is 0 Å². The maximum absolute atomic E-state index is 4.25. The molecule has 2 atom stereocenters. The van der Waals surface area contributed by atoms with E-state index < -0.39 is 0 Å². The second-order valence-corrected chi connectivity index (χ2v) is 5.20. The van der Waals surface area contributed by atoms with Gasteiger partial charge in [-0.1, -0.05) is 13.0 Å². The number of nitrogens with zero attached hydrogens (tertiary/aromatic N) is 2. The molecule has 0 radical (unpaired) electrons. The van der Waals surface area contributed by atoms with Crippen molar-refractivity contribution in [2.24, 2.45) is 0 Å². The van der Waals surface area contributed by atoms with Crippen LogP contribution < -0.4 is 5.32 Å². The van der Waals surface area contributed by atoms with E-state index in [-0.39, 0.29) is 0 Å². The summed E-state index contributed by atoms with van der Waals surface area (Å²) in [5, 5.41) is 3.52. The molecule has 0 bridgehead atoms. The van der Waals surface area contributed by atoms with Crippen LogP contribution in [0.2, 0.25) is 0 Å². The molecule has 18 heavy (non-hydrogen) atoms. The lowest BCUT2D eigenvalue weighted by Crippen LogP contribution is -2.47. The Bertz CT molecular complexity index is 333. The summed E-state index contributed by atoms with van der Waals surface area (Å²) < 4.78 is 0. The maximum Gasteiger partial charge on any atom is 0.0338 e. The normalized spacial score (nSPS) is 22.1. The molecule has 0 aliphatic carbocycles. The number of hydrogen-bond acceptors (Lipinski definition) is 3. The van der Waals surface area contributed by atoms with Gasteiger partial charge in [0.25, 0.3) is 0 Å². The first-order chi connectivity index (χ1) is 8.83.